The third-order valence-corrected chi connectivity index (χ3v) is 3.65. The molecule has 1 fully saturated rings. The molecular formula is C14H18F4N2. The summed E-state index contributed by atoms with van der Waals surface area (Å²) in [6, 6.07) is 3.48. The van der Waals surface area contributed by atoms with Crippen LogP contribution >= 0.6 is 0 Å². The third-order valence-electron chi connectivity index (χ3n) is 3.65. The zero-order valence-corrected chi connectivity index (χ0v) is 11.3. The predicted octanol–water partition coefficient (Wildman–Crippen LogP) is 3.03. The number of nitrogens with one attached hydrogen (secondary N) is 1. The predicted molar refractivity (Wildman–Crippen MR) is 68.8 cm³/mol. The molecule has 0 atom stereocenters. The monoisotopic (exact) mass is 290 g/mol. The number of benzene rings is 1. The van der Waals surface area contributed by atoms with Crippen molar-refractivity contribution in [2.45, 2.75) is 31.6 Å². The molecular weight excluding hydrogens is 272 g/mol. The smallest absolute Gasteiger partial charge is 0.310 e. The van der Waals surface area contributed by atoms with Crippen molar-refractivity contribution in [2.75, 3.05) is 20.1 Å². The highest BCUT2D eigenvalue weighted by atomic mass is 19.4. The average molecular weight is 290 g/mol. The molecule has 0 bridgehead atoms. The van der Waals surface area contributed by atoms with Crippen LogP contribution in [0.2, 0.25) is 0 Å². The number of hydrogen-bond donors (Lipinski definition) is 1. The van der Waals surface area contributed by atoms with Gasteiger partial charge in [0.2, 0.25) is 0 Å². The molecule has 112 valence electrons. The number of nitrogens with zero attached hydrogens (tertiary/aromatic N) is 1. The molecule has 1 aliphatic heterocycles. The molecule has 2 rings (SSSR count). The molecule has 0 unspecified atom stereocenters. The lowest BCUT2D eigenvalue weighted by molar-refractivity contribution is -0.140. The maximum Gasteiger partial charge on any atom is 0.419 e. The Hall–Kier alpha value is -1.14. The molecule has 0 saturated carbocycles. The molecule has 20 heavy (non-hydrogen) atoms. The van der Waals surface area contributed by atoms with Crippen LogP contribution in [0.25, 0.3) is 0 Å². The fraction of sp³-hybridized carbons (Fsp3) is 0.571. The van der Waals surface area contributed by atoms with Gasteiger partial charge in [-0.1, -0.05) is 6.07 Å². The first-order valence-electron chi connectivity index (χ1n) is 6.64. The highest BCUT2D eigenvalue weighted by molar-refractivity contribution is 5.27. The standard InChI is InChI=1S/C14H18F4N2/c1-20-6-4-11(5-7-20)19-9-10-2-3-13(15)12(8-10)14(16,17)18/h2-3,8,11,19H,4-7,9H2,1H3. The van der Waals surface area contributed by atoms with Crippen molar-refractivity contribution in [1.82, 2.24) is 10.2 Å². The second kappa shape index (κ2) is 6.10. The summed E-state index contributed by atoms with van der Waals surface area (Å²) in [5, 5.41) is 3.24. The zero-order valence-electron chi connectivity index (χ0n) is 11.3. The number of halogens is 4. The van der Waals surface area contributed by atoms with E-state index in [-0.39, 0.29) is 0 Å². The maximum absolute atomic E-state index is 13.2. The van der Waals surface area contributed by atoms with Crippen molar-refractivity contribution in [2.24, 2.45) is 0 Å². The SMILES string of the molecule is CN1CCC(NCc2ccc(F)c(C(F)(F)F)c2)CC1. The second-order valence-corrected chi connectivity index (χ2v) is 5.27. The van der Waals surface area contributed by atoms with Crippen molar-refractivity contribution in [1.29, 1.82) is 0 Å². The van der Waals surface area contributed by atoms with Crippen LogP contribution in [-0.4, -0.2) is 31.1 Å². The van der Waals surface area contributed by atoms with Gasteiger partial charge in [0.25, 0.3) is 0 Å². The van der Waals surface area contributed by atoms with Gasteiger partial charge in [-0.05, 0) is 50.7 Å². The van der Waals surface area contributed by atoms with E-state index in [4.69, 9.17) is 0 Å². The molecule has 1 aromatic rings. The van der Waals surface area contributed by atoms with Crippen LogP contribution in [0.3, 0.4) is 0 Å². The number of likely N-dealkylation sites (tertiary alicyclic amines) is 1. The van der Waals surface area contributed by atoms with Crippen LogP contribution < -0.4 is 5.32 Å². The minimum atomic E-state index is -4.65. The summed E-state index contributed by atoms with van der Waals surface area (Å²) in [7, 11) is 2.05. The molecule has 1 aromatic carbocycles. The Morgan fingerprint density at radius 3 is 2.50 bits per heavy atom. The van der Waals surface area contributed by atoms with Crippen molar-refractivity contribution in [3.8, 4) is 0 Å². The molecule has 0 radical (unpaired) electrons. The third kappa shape index (κ3) is 3.93. The summed E-state index contributed by atoms with van der Waals surface area (Å²) >= 11 is 0. The van der Waals surface area contributed by atoms with Gasteiger partial charge in [-0.2, -0.15) is 13.2 Å². The fourth-order valence-electron chi connectivity index (χ4n) is 2.37. The Bertz CT molecular complexity index is 451. The first-order chi connectivity index (χ1) is 9.36. The lowest BCUT2D eigenvalue weighted by Gasteiger charge is -2.29. The molecule has 6 heteroatoms. The van der Waals surface area contributed by atoms with E-state index in [1.165, 1.54) is 6.07 Å². The van der Waals surface area contributed by atoms with Gasteiger partial charge in [-0.3, -0.25) is 0 Å². The van der Waals surface area contributed by atoms with Crippen molar-refractivity contribution < 1.29 is 17.6 Å². The van der Waals surface area contributed by atoms with Gasteiger partial charge < -0.3 is 10.2 Å². The van der Waals surface area contributed by atoms with Crippen LogP contribution in [0.1, 0.15) is 24.0 Å². The lowest BCUT2D eigenvalue weighted by atomic mass is 10.0. The zero-order chi connectivity index (χ0) is 14.8. The quantitative estimate of drug-likeness (QED) is 0.861. The Morgan fingerprint density at radius 2 is 1.90 bits per heavy atom. The highest BCUT2D eigenvalue weighted by Crippen LogP contribution is 2.31. The number of rotatable bonds is 3. The molecule has 0 aromatic heterocycles. The normalized spacial score (nSPS) is 18.4. The lowest BCUT2D eigenvalue weighted by Crippen LogP contribution is -2.40. The summed E-state index contributed by atoms with van der Waals surface area (Å²) in [6.07, 6.45) is -2.69. The Kier molecular flexibility index (Phi) is 4.65. The summed E-state index contributed by atoms with van der Waals surface area (Å²) in [4.78, 5) is 2.22. The van der Waals surface area contributed by atoms with Crippen molar-refractivity contribution in [3.63, 3.8) is 0 Å². The summed E-state index contributed by atoms with van der Waals surface area (Å²) in [6.45, 7) is 2.29. The van der Waals surface area contributed by atoms with Crippen molar-refractivity contribution >= 4 is 0 Å². The van der Waals surface area contributed by atoms with Gasteiger partial charge >= 0.3 is 6.18 Å². The first-order valence-corrected chi connectivity index (χ1v) is 6.64. The minimum Gasteiger partial charge on any atom is -0.310 e. The van der Waals surface area contributed by atoms with E-state index in [2.05, 4.69) is 10.2 Å². The van der Waals surface area contributed by atoms with Crippen LogP contribution in [0.15, 0.2) is 18.2 Å². The molecule has 1 saturated heterocycles. The number of alkyl halides is 3. The maximum atomic E-state index is 13.2. The van der Waals surface area contributed by atoms with E-state index in [0.29, 0.717) is 18.2 Å². The van der Waals surface area contributed by atoms with Crippen LogP contribution in [-0.2, 0) is 12.7 Å². The van der Waals surface area contributed by atoms with Gasteiger partial charge in [-0.15, -0.1) is 0 Å². The van der Waals surface area contributed by atoms with E-state index >= 15 is 0 Å². The molecule has 1 heterocycles. The first kappa shape index (κ1) is 15.3. The van der Waals surface area contributed by atoms with Gasteiger partial charge in [0.1, 0.15) is 5.82 Å². The van der Waals surface area contributed by atoms with Gasteiger partial charge in [0, 0.05) is 12.6 Å². The molecule has 0 amide bonds. The Balaban J connectivity index is 1.96. The minimum absolute atomic E-state index is 0.311. The number of hydrogen-bond acceptors (Lipinski definition) is 2. The largest absolute Gasteiger partial charge is 0.419 e. The Morgan fingerprint density at radius 1 is 1.25 bits per heavy atom. The topological polar surface area (TPSA) is 15.3 Å². The summed E-state index contributed by atoms with van der Waals surface area (Å²) in [5.41, 5.74) is -0.738. The summed E-state index contributed by atoms with van der Waals surface area (Å²) in [5.74, 6) is -1.22. The highest BCUT2D eigenvalue weighted by Gasteiger charge is 2.34. The van der Waals surface area contributed by atoms with E-state index in [9.17, 15) is 17.6 Å². The Labute approximate surface area is 115 Å². The summed E-state index contributed by atoms with van der Waals surface area (Å²) < 4.78 is 51.0. The second-order valence-electron chi connectivity index (χ2n) is 5.27. The number of piperidine rings is 1. The fourth-order valence-corrected chi connectivity index (χ4v) is 2.37. The van der Waals surface area contributed by atoms with Crippen LogP contribution in [0.5, 0.6) is 0 Å². The van der Waals surface area contributed by atoms with Gasteiger partial charge in [-0.25, -0.2) is 4.39 Å². The van der Waals surface area contributed by atoms with E-state index in [1.807, 2.05) is 7.05 Å². The average Bonchev–Trinajstić information content (AvgIpc) is 2.38. The van der Waals surface area contributed by atoms with E-state index in [0.717, 1.165) is 38.1 Å². The molecule has 1 N–H and O–H groups in total. The van der Waals surface area contributed by atoms with E-state index in [1.54, 1.807) is 0 Å². The van der Waals surface area contributed by atoms with Crippen LogP contribution in [0.4, 0.5) is 17.6 Å². The molecule has 0 spiro atoms. The van der Waals surface area contributed by atoms with E-state index < -0.39 is 17.6 Å². The molecule has 0 aliphatic carbocycles. The van der Waals surface area contributed by atoms with Crippen LogP contribution in [0, 0.1) is 5.82 Å². The van der Waals surface area contributed by atoms with Gasteiger partial charge in [0.05, 0.1) is 5.56 Å². The van der Waals surface area contributed by atoms with Crippen molar-refractivity contribution in [3.05, 3.63) is 35.1 Å². The van der Waals surface area contributed by atoms with Gasteiger partial charge in [0.15, 0.2) is 0 Å². The molecule has 2 nitrogen and oxygen atoms in total. The molecule has 1 aliphatic rings.